The fourth-order valence-corrected chi connectivity index (χ4v) is 6.29. The summed E-state index contributed by atoms with van der Waals surface area (Å²) < 4.78 is 50.1. The molecule has 1 aromatic carbocycles. The van der Waals surface area contributed by atoms with Crippen molar-refractivity contribution in [2.75, 3.05) is 31.6 Å². The van der Waals surface area contributed by atoms with Gasteiger partial charge in [0.25, 0.3) is 5.91 Å². The van der Waals surface area contributed by atoms with Crippen molar-refractivity contribution >= 4 is 25.8 Å². The van der Waals surface area contributed by atoms with Gasteiger partial charge in [-0.15, -0.1) is 0 Å². The molecule has 2 fully saturated rings. The largest absolute Gasteiger partial charge is 0.337 e. The van der Waals surface area contributed by atoms with E-state index in [-0.39, 0.29) is 41.4 Å². The summed E-state index contributed by atoms with van der Waals surface area (Å²) in [7, 11) is -5.03. The predicted octanol–water partition coefficient (Wildman–Crippen LogP) is 1.51. The van der Waals surface area contributed by atoms with Crippen molar-refractivity contribution in [1.82, 2.24) is 9.21 Å². The number of rotatable bonds is 4. The molecule has 150 valence electrons. The van der Waals surface area contributed by atoms with Gasteiger partial charge in [-0.05, 0) is 37.1 Å². The summed E-state index contributed by atoms with van der Waals surface area (Å²) in [6.45, 7) is 0.345. The van der Waals surface area contributed by atoms with Crippen molar-refractivity contribution in [2.24, 2.45) is 0 Å². The number of nitrogens with zero attached hydrogens (tertiary/aromatic N) is 2. The van der Waals surface area contributed by atoms with Crippen LogP contribution in [0.1, 0.15) is 42.5 Å². The van der Waals surface area contributed by atoms with Crippen LogP contribution >= 0.6 is 0 Å². The fraction of sp³-hybridized carbons (Fsp3) is 0.611. The third-order valence-electron chi connectivity index (χ3n) is 5.50. The average molecular weight is 415 g/mol. The highest BCUT2D eigenvalue weighted by molar-refractivity contribution is 7.91. The number of hydrogen-bond acceptors (Lipinski definition) is 5. The number of carbonyl (C=O) groups excluding carboxylic acids is 1. The molecule has 0 unspecified atom stereocenters. The van der Waals surface area contributed by atoms with Crippen molar-refractivity contribution in [3.05, 3.63) is 29.8 Å². The summed E-state index contributed by atoms with van der Waals surface area (Å²) in [6, 6.07) is 5.96. The summed E-state index contributed by atoms with van der Waals surface area (Å²) >= 11 is 0. The van der Waals surface area contributed by atoms with Crippen LogP contribution in [0.2, 0.25) is 0 Å². The van der Waals surface area contributed by atoms with Gasteiger partial charge in [0.05, 0.1) is 16.4 Å². The number of amides is 1. The Morgan fingerprint density at radius 3 is 2.15 bits per heavy atom. The molecule has 1 amide bonds. The Balaban J connectivity index is 1.71. The molecule has 0 atom stereocenters. The maximum atomic E-state index is 12.8. The molecule has 0 aromatic heterocycles. The number of carbonyl (C=O) groups is 1. The van der Waals surface area contributed by atoms with E-state index in [2.05, 4.69) is 0 Å². The van der Waals surface area contributed by atoms with Gasteiger partial charge in [0.1, 0.15) is 0 Å². The quantitative estimate of drug-likeness (QED) is 0.745. The minimum absolute atomic E-state index is 0.0281. The van der Waals surface area contributed by atoms with Gasteiger partial charge in [-0.1, -0.05) is 19.3 Å². The standard InChI is InChI=1S/C18H26N2O5S2/c1-19(16-5-3-2-4-6-16)27(24,25)17-9-7-15(8-10-17)18(21)20-11-13-26(22,23)14-12-20/h7-10,16H,2-6,11-14H2,1H3. The van der Waals surface area contributed by atoms with Crippen LogP contribution in [0.4, 0.5) is 0 Å². The molecule has 1 saturated heterocycles. The lowest BCUT2D eigenvalue weighted by Gasteiger charge is -2.30. The fourth-order valence-electron chi connectivity index (χ4n) is 3.67. The van der Waals surface area contributed by atoms with Gasteiger partial charge < -0.3 is 4.90 Å². The lowest BCUT2D eigenvalue weighted by Crippen LogP contribution is -2.43. The van der Waals surface area contributed by atoms with E-state index in [1.165, 1.54) is 33.5 Å². The highest BCUT2D eigenvalue weighted by Crippen LogP contribution is 2.26. The van der Waals surface area contributed by atoms with E-state index in [1.807, 2.05) is 0 Å². The first-order valence-corrected chi connectivity index (χ1v) is 12.5. The zero-order valence-corrected chi connectivity index (χ0v) is 17.1. The highest BCUT2D eigenvalue weighted by atomic mass is 32.2. The topological polar surface area (TPSA) is 91.8 Å². The Labute approximate surface area is 161 Å². The van der Waals surface area contributed by atoms with Gasteiger partial charge in [-0.3, -0.25) is 4.79 Å². The first kappa shape index (κ1) is 20.3. The molecule has 3 rings (SSSR count). The number of sulfone groups is 1. The van der Waals surface area contributed by atoms with Crippen molar-refractivity contribution in [1.29, 1.82) is 0 Å². The molecule has 0 spiro atoms. The molecule has 1 aliphatic carbocycles. The van der Waals surface area contributed by atoms with E-state index in [4.69, 9.17) is 0 Å². The van der Waals surface area contributed by atoms with E-state index in [1.54, 1.807) is 7.05 Å². The Morgan fingerprint density at radius 2 is 1.59 bits per heavy atom. The molecule has 0 bridgehead atoms. The van der Waals surface area contributed by atoms with Gasteiger partial charge >= 0.3 is 0 Å². The average Bonchev–Trinajstić information content (AvgIpc) is 2.67. The van der Waals surface area contributed by atoms with Crippen LogP contribution in [-0.4, -0.2) is 69.6 Å². The van der Waals surface area contributed by atoms with Crippen LogP contribution in [0.25, 0.3) is 0 Å². The molecule has 1 saturated carbocycles. The van der Waals surface area contributed by atoms with Crippen LogP contribution < -0.4 is 0 Å². The van der Waals surface area contributed by atoms with Crippen LogP contribution in [0.3, 0.4) is 0 Å². The molecule has 0 radical (unpaired) electrons. The monoisotopic (exact) mass is 414 g/mol. The maximum absolute atomic E-state index is 12.8. The Morgan fingerprint density at radius 1 is 1.04 bits per heavy atom. The van der Waals surface area contributed by atoms with Crippen LogP contribution in [0, 0.1) is 0 Å². The minimum atomic E-state index is -3.59. The zero-order chi connectivity index (χ0) is 19.7. The predicted molar refractivity (Wildman–Crippen MR) is 103 cm³/mol. The van der Waals surface area contributed by atoms with Crippen LogP contribution in [0.15, 0.2) is 29.2 Å². The molecule has 2 aliphatic rings. The first-order chi connectivity index (χ1) is 12.7. The molecule has 7 nitrogen and oxygen atoms in total. The summed E-state index contributed by atoms with van der Waals surface area (Å²) in [5, 5.41) is 0. The molecule has 1 aliphatic heterocycles. The molecule has 1 aromatic rings. The van der Waals surface area contributed by atoms with Crippen LogP contribution in [0.5, 0.6) is 0 Å². The molecular weight excluding hydrogens is 388 g/mol. The molecule has 0 N–H and O–H groups in total. The molecule has 27 heavy (non-hydrogen) atoms. The number of hydrogen-bond donors (Lipinski definition) is 0. The van der Waals surface area contributed by atoms with Gasteiger partial charge in [0.15, 0.2) is 9.84 Å². The van der Waals surface area contributed by atoms with Gasteiger partial charge in [0.2, 0.25) is 10.0 Å². The Bertz CT molecular complexity index is 874. The second-order valence-electron chi connectivity index (χ2n) is 7.28. The van der Waals surface area contributed by atoms with Crippen molar-refractivity contribution in [2.45, 2.75) is 43.0 Å². The molecule has 1 heterocycles. The van der Waals surface area contributed by atoms with Crippen molar-refractivity contribution < 1.29 is 21.6 Å². The zero-order valence-electron chi connectivity index (χ0n) is 15.5. The Hall–Kier alpha value is -1.45. The number of sulfonamides is 1. The summed E-state index contributed by atoms with van der Waals surface area (Å²) in [4.78, 5) is 14.2. The number of benzene rings is 1. The summed E-state index contributed by atoms with van der Waals surface area (Å²) in [6.07, 6.45) is 5.00. The third kappa shape index (κ3) is 4.52. The van der Waals surface area contributed by atoms with Crippen molar-refractivity contribution in [3.8, 4) is 0 Å². The lowest BCUT2D eigenvalue weighted by atomic mass is 9.96. The lowest BCUT2D eigenvalue weighted by molar-refractivity contribution is 0.0770. The normalized spacial score (nSPS) is 21.3. The van der Waals surface area contributed by atoms with E-state index in [0.717, 1.165) is 32.1 Å². The maximum Gasteiger partial charge on any atom is 0.253 e. The minimum Gasteiger partial charge on any atom is -0.337 e. The summed E-state index contributed by atoms with van der Waals surface area (Å²) in [5.41, 5.74) is 0.369. The highest BCUT2D eigenvalue weighted by Gasteiger charge is 2.30. The van der Waals surface area contributed by atoms with Crippen LogP contribution in [-0.2, 0) is 19.9 Å². The SMILES string of the molecule is CN(C1CCCCC1)S(=O)(=O)c1ccc(C(=O)N2CCS(=O)(=O)CC2)cc1. The van der Waals surface area contributed by atoms with Crippen molar-refractivity contribution in [3.63, 3.8) is 0 Å². The second-order valence-corrected chi connectivity index (χ2v) is 11.6. The van der Waals surface area contributed by atoms with E-state index < -0.39 is 19.9 Å². The van der Waals surface area contributed by atoms with E-state index in [0.29, 0.717) is 5.56 Å². The summed E-state index contributed by atoms with van der Waals surface area (Å²) in [5.74, 6) is -0.330. The first-order valence-electron chi connectivity index (χ1n) is 9.28. The third-order valence-corrected chi connectivity index (χ3v) is 9.03. The van der Waals surface area contributed by atoms with E-state index >= 15 is 0 Å². The second kappa shape index (κ2) is 7.89. The van der Waals surface area contributed by atoms with Gasteiger partial charge in [-0.25, -0.2) is 16.8 Å². The molecular formula is C18H26N2O5S2. The smallest absolute Gasteiger partial charge is 0.253 e. The van der Waals surface area contributed by atoms with Gasteiger partial charge in [0, 0.05) is 31.7 Å². The molecule has 9 heteroatoms. The Kier molecular flexibility index (Phi) is 5.93. The van der Waals surface area contributed by atoms with E-state index in [9.17, 15) is 21.6 Å². The van der Waals surface area contributed by atoms with Gasteiger partial charge in [-0.2, -0.15) is 4.31 Å².